The van der Waals surface area contributed by atoms with Crippen molar-refractivity contribution in [1.29, 1.82) is 0 Å². The van der Waals surface area contributed by atoms with Crippen LogP contribution in [0.1, 0.15) is 58.4 Å². The third kappa shape index (κ3) is 5.67. The molecule has 1 aromatic rings. The van der Waals surface area contributed by atoms with E-state index in [1.165, 1.54) is 31.2 Å². The molecule has 3 unspecified atom stereocenters. The second-order valence-corrected chi connectivity index (χ2v) is 9.16. The number of guanidine groups is 1. The number of morpholine rings is 1. The van der Waals surface area contributed by atoms with Crippen LogP contribution in [0, 0.1) is 5.41 Å². The summed E-state index contributed by atoms with van der Waals surface area (Å²) in [5, 5.41) is 7.19. The molecule has 32 heavy (non-hydrogen) atoms. The molecule has 3 fully saturated rings. The van der Waals surface area contributed by atoms with E-state index < -0.39 is 0 Å². The molecule has 1 saturated heterocycles. The van der Waals surface area contributed by atoms with Crippen molar-refractivity contribution >= 4 is 35.8 Å². The van der Waals surface area contributed by atoms with Gasteiger partial charge in [-0.3, -0.25) is 0 Å². The molecule has 1 aromatic heterocycles. The highest BCUT2D eigenvalue weighted by Crippen LogP contribution is 2.54. The Morgan fingerprint density at radius 3 is 2.88 bits per heavy atom. The van der Waals surface area contributed by atoms with Gasteiger partial charge in [0.05, 0.1) is 25.4 Å². The lowest BCUT2D eigenvalue weighted by molar-refractivity contribution is -0.125. The number of hydrogen-bond donors (Lipinski definition) is 2. The Kier molecular flexibility index (Phi) is 9.43. The van der Waals surface area contributed by atoms with E-state index in [9.17, 15) is 0 Å². The minimum Gasteiger partial charge on any atom is -0.378 e. The molecule has 3 aliphatic rings. The molecule has 4 rings (SSSR count). The minimum absolute atomic E-state index is 0. The standard InChI is InChI=1S/C24H39N5O2.HI/c1-4-25-23(28-20-15-21(30-5-2)24(20)9-6-7-10-24)27-16-19-8-11-26-22(14-19)29-12-13-31-18(3)17-29;/h8,11,14,18,20-21H,4-7,9-10,12-13,15-17H2,1-3H3,(H2,25,27,28);1H. The van der Waals surface area contributed by atoms with Gasteiger partial charge in [-0.05, 0) is 57.7 Å². The number of hydrogen-bond acceptors (Lipinski definition) is 5. The normalized spacial score (nSPS) is 27.0. The second-order valence-electron chi connectivity index (χ2n) is 9.16. The van der Waals surface area contributed by atoms with Crippen LogP contribution in [0.5, 0.6) is 0 Å². The summed E-state index contributed by atoms with van der Waals surface area (Å²) in [7, 11) is 0. The van der Waals surface area contributed by atoms with Crippen LogP contribution in [0.3, 0.4) is 0 Å². The van der Waals surface area contributed by atoms with Crippen molar-refractivity contribution in [2.24, 2.45) is 10.4 Å². The first-order valence-electron chi connectivity index (χ1n) is 12.1. The third-order valence-corrected chi connectivity index (χ3v) is 7.14. The van der Waals surface area contributed by atoms with Crippen molar-refractivity contribution < 1.29 is 9.47 Å². The number of aromatic nitrogens is 1. The van der Waals surface area contributed by atoms with Gasteiger partial charge in [0.15, 0.2) is 5.96 Å². The van der Waals surface area contributed by atoms with E-state index in [1.807, 2.05) is 6.20 Å². The van der Waals surface area contributed by atoms with Crippen LogP contribution in [-0.2, 0) is 16.0 Å². The topological polar surface area (TPSA) is 71.0 Å². The lowest BCUT2D eigenvalue weighted by Gasteiger charge is -2.54. The Balaban J connectivity index is 0.00000289. The number of anilines is 1. The molecule has 0 amide bonds. The number of pyridine rings is 1. The van der Waals surface area contributed by atoms with Crippen LogP contribution in [0.15, 0.2) is 23.3 Å². The summed E-state index contributed by atoms with van der Waals surface area (Å²) in [4.78, 5) is 11.8. The van der Waals surface area contributed by atoms with E-state index >= 15 is 0 Å². The monoisotopic (exact) mass is 557 g/mol. The average Bonchev–Trinajstić information content (AvgIpc) is 3.30. The zero-order chi connectivity index (χ0) is 21.7. The zero-order valence-corrected chi connectivity index (χ0v) is 22.1. The van der Waals surface area contributed by atoms with E-state index in [4.69, 9.17) is 14.5 Å². The van der Waals surface area contributed by atoms with Gasteiger partial charge in [0.25, 0.3) is 0 Å². The summed E-state index contributed by atoms with van der Waals surface area (Å²) >= 11 is 0. The average molecular weight is 558 g/mol. The van der Waals surface area contributed by atoms with Gasteiger partial charge in [-0.15, -0.1) is 24.0 Å². The summed E-state index contributed by atoms with van der Waals surface area (Å²) in [6, 6.07) is 4.68. The molecule has 1 aliphatic heterocycles. The molecule has 1 spiro atoms. The van der Waals surface area contributed by atoms with Crippen LogP contribution in [0.2, 0.25) is 0 Å². The van der Waals surface area contributed by atoms with Crippen molar-refractivity contribution in [3.63, 3.8) is 0 Å². The highest BCUT2D eigenvalue weighted by Gasteiger charge is 2.56. The number of aliphatic imine (C=N–C) groups is 1. The van der Waals surface area contributed by atoms with Gasteiger partial charge in [0, 0.05) is 43.9 Å². The highest BCUT2D eigenvalue weighted by molar-refractivity contribution is 14.0. The van der Waals surface area contributed by atoms with Crippen LogP contribution >= 0.6 is 24.0 Å². The fourth-order valence-electron chi connectivity index (χ4n) is 5.50. The molecule has 180 valence electrons. The van der Waals surface area contributed by atoms with Gasteiger partial charge < -0.3 is 25.0 Å². The maximum atomic E-state index is 6.07. The SMILES string of the molecule is CCNC(=NCc1ccnc(N2CCOC(C)C2)c1)NC1CC(OCC)C12CCCC2.I. The molecular weight excluding hydrogens is 517 g/mol. The van der Waals surface area contributed by atoms with E-state index in [2.05, 4.69) is 53.4 Å². The molecule has 3 atom stereocenters. The zero-order valence-electron chi connectivity index (χ0n) is 19.8. The van der Waals surface area contributed by atoms with Gasteiger partial charge in [-0.2, -0.15) is 0 Å². The van der Waals surface area contributed by atoms with Crippen LogP contribution in [0.25, 0.3) is 0 Å². The minimum atomic E-state index is 0. The van der Waals surface area contributed by atoms with Crippen molar-refractivity contribution in [3.05, 3.63) is 23.9 Å². The number of ether oxygens (including phenoxy) is 2. The molecule has 2 N–H and O–H groups in total. The quantitative estimate of drug-likeness (QED) is 0.303. The van der Waals surface area contributed by atoms with E-state index in [1.54, 1.807) is 0 Å². The largest absolute Gasteiger partial charge is 0.378 e. The number of nitrogens with zero attached hydrogens (tertiary/aromatic N) is 3. The Hall–Kier alpha value is -1.13. The van der Waals surface area contributed by atoms with Gasteiger partial charge in [-0.1, -0.05) is 12.8 Å². The number of halogens is 1. The Morgan fingerprint density at radius 1 is 1.34 bits per heavy atom. The summed E-state index contributed by atoms with van der Waals surface area (Å²) in [6.07, 6.45) is 8.78. The van der Waals surface area contributed by atoms with Crippen molar-refractivity contribution in [1.82, 2.24) is 15.6 Å². The van der Waals surface area contributed by atoms with Gasteiger partial charge >= 0.3 is 0 Å². The molecule has 0 aromatic carbocycles. The highest BCUT2D eigenvalue weighted by atomic mass is 127. The first kappa shape index (κ1) is 25.5. The fraction of sp³-hybridized carbons (Fsp3) is 0.750. The maximum absolute atomic E-state index is 6.07. The van der Waals surface area contributed by atoms with E-state index in [-0.39, 0.29) is 30.1 Å². The summed E-state index contributed by atoms with van der Waals surface area (Å²) in [5.74, 6) is 1.93. The molecule has 7 nitrogen and oxygen atoms in total. The Morgan fingerprint density at radius 2 is 2.16 bits per heavy atom. The van der Waals surface area contributed by atoms with E-state index in [0.717, 1.165) is 51.0 Å². The first-order chi connectivity index (χ1) is 15.1. The van der Waals surface area contributed by atoms with Gasteiger partial charge in [-0.25, -0.2) is 9.98 Å². The Bertz CT molecular complexity index is 756. The summed E-state index contributed by atoms with van der Waals surface area (Å²) in [6.45, 7) is 11.2. The predicted molar refractivity (Wildman–Crippen MR) is 140 cm³/mol. The molecule has 8 heteroatoms. The van der Waals surface area contributed by atoms with Crippen molar-refractivity contribution in [2.45, 2.75) is 77.7 Å². The van der Waals surface area contributed by atoms with Crippen LogP contribution in [0.4, 0.5) is 5.82 Å². The van der Waals surface area contributed by atoms with E-state index in [0.29, 0.717) is 24.1 Å². The number of nitrogens with one attached hydrogen (secondary N) is 2. The molecule has 2 saturated carbocycles. The third-order valence-electron chi connectivity index (χ3n) is 7.14. The maximum Gasteiger partial charge on any atom is 0.191 e. The molecular formula is C24H40IN5O2. The number of rotatable bonds is 7. The fourth-order valence-corrected chi connectivity index (χ4v) is 5.50. The van der Waals surface area contributed by atoms with Crippen molar-refractivity contribution in [3.8, 4) is 0 Å². The van der Waals surface area contributed by atoms with Crippen LogP contribution < -0.4 is 15.5 Å². The lowest BCUT2D eigenvalue weighted by Crippen LogP contribution is -2.65. The predicted octanol–water partition coefficient (Wildman–Crippen LogP) is 3.72. The smallest absolute Gasteiger partial charge is 0.191 e. The second kappa shape index (κ2) is 11.8. The molecule has 0 bridgehead atoms. The van der Waals surface area contributed by atoms with Crippen LogP contribution in [-0.4, -0.2) is 62.0 Å². The first-order valence-corrected chi connectivity index (χ1v) is 12.1. The summed E-state index contributed by atoms with van der Waals surface area (Å²) < 4.78 is 11.7. The lowest BCUT2D eigenvalue weighted by atomic mass is 9.60. The Labute approximate surface area is 210 Å². The molecule has 2 aliphatic carbocycles. The van der Waals surface area contributed by atoms with Gasteiger partial charge in [0.1, 0.15) is 5.82 Å². The summed E-state index contributed by atoms with van der Waals surface area (Å²) in [5.41, 5.74) is 1.47. The molecule has 0 radical (unpaired) electrons. The van der Waals surface area contributed by atoms with Crippen molar-refractivity contribution in [2.75, 3.05) is 37.7 Å². The molecule has 2 heterocycles. The van der Waals surface area contributed by atoms with Gasteiger partial charge in [0.2, 0.25) is 0 Å².